The third kappa shape index (κ3) is 1.69. The molecule has 0 N–H and O–H groups in total. The van der Waals surface area contributed by atoms with Crippen molar-refractivity contribution in [2.45, 2.75) is 33.5 Å². The second kappa shape index (κ2) is 2.99. The molecule has 3 nitrogen and oxygen atoms in total. The maximum Gasteiger partial charge on any atom is 0.246 e. The standard InChI is InChI=1S/C12H14O3/c1-7-5-10-11(6-9(7)8(2)13)15-12(3,4)14-10/h5-6H,1-4H3. The van der Waals surface area contributed by atoms with Gasteiger partial charge in [-0.2, -0.15) is 0 Å². The van der Waals surface area contributed by atoms with Crippen LogP contribution in [0, 0.1) is 6.92 Å². The molecule has 0 aromatic heterocycles. The summed E-state index contributed by atoms with van der Waals surface area (Å²) < 4.78 is 11.1. The van der Waals surface area contributed by atoms with Crippen molar-refractivity contribution in [3.63, 3.8) is 0 Å². The molecule has 1 heterocycles. The molecule has 1 aliphatic rings. The van der Waals surface area contributed by atoms with Crippen molar-refractivity contribution in [3.05, 3.63) is 23.3 Å². The van der Waals surface area contributed by atoms with E-state index in [1.807, 2.05) is 26.8 Å². The fourth-order valence-electron chi connectivity index (χ4n) is 1.75. The molecular weight excluding hydrogens is 192 g/mol. The molecule has 3 heteroatoms. The van der Waals surface area contributed by atoms with Gasteiger partial charge in [0, 0.05) is 19.4 Å². The SMILES string of the molecule is CC(=O)c1cc2c(cc1C)OC(C)(C)O2. The summed E-state index contributed by atoms with van der Waals surface area (Å²) in [4.78, 5) is 11.3. The molecule has 0 fully saturated rings. The van der Waals surface area contributed by atoms with Gasteiger partial charge in [0.05, 0.1) is 0 Å². The predicted octanol–water partition coefficient (Wildman–Crippen LogP) is 2.70. The Labute approximate surface area is 89.0 Å². The maximum atomic E-state index is 11.3. The lowest BCUT2D eigenvalue weighted by Crippen LogP contribution is -2.29. The molecule has 15 heavy (non-hydrogen) atoms. The Bertz CT molecular complexity index is 433. The van der Waals surface area contributed by atoms with Gasteiger partial charge in [-0.05, 0) is 31.5 Å². The van der Waals surface area contributed by atoms with Gasteiger partial charge in [0.1, 0.15) is 0 Å². The number of rotatable bonds is 1. The van der Waals surface area contributed by atoms with Crippen LogP contribution in [0.25, 0.3) is 0 Å². The second-order valence-electron chi connectivity index (χ2n) is 4.27. The predicted molar refractivity (Wildman–Crippen MR) is 56.5 cm³/mol. The number of carbonyl (C=O) groups excluding carboxylic acids is 1. The molecule has 0 radical (unpaired) electrons. The van der Waals surface area contributed by atoms with Crippen LogP contribution in [0.4, 0.5) is 0 Å². The lowest BCUT2D eigenvalue weighted by Gasteiger charge is -2.16. The molecule has 0 spiro atoms. The number of hydrogen-bond acceptors (Lipinski definition) is 3. The molecule has 80 valence electrons. The fraction of sp³-hybridized carbons (Fsp3) is 0.417. The number of hydrogen-bond donors (Lipinski definition) is 0. The van der Waals surface area contributed by atoms with Crippen LogP contribution in [0.3, 0.4) is 0 Å². The Kier molecular flexibility index (Phi) is 2.00. The van der Waals surface area contributed by atoms with Gasteiger partial charge in [-0.3, -0.25) is 4.79 Å². The van der Waals surface area contributed by atoms with Crippen LogP contribution in [0.15, 0.2) is 12.1 Å². The third-order valence-electron chi connectivity index (χ3n) is 2.38. The van der Waals surface area contributed by atoms with Crippen LogP contribution in [0.2, 0.25) is 0 Å². The van der Waals surface area contributed by atoms with Crippen LogP contribution < -0.4 is 9.47 Å². The Morgan fingerprint density at radius 2 is 1.73 bits per heavy atom. The summed E-state index contributed by atoms with van der Waals surface area (Å²) in [7, 11) is 0. The number of ether oxygens (including phenoxy) is 2. The fourth-order valence-corrected chi connectivity index (χ4v) is 1.75. The minimum Gasteiger partial charge on any atom is -0.449 e. The number of fused-ring (bicyclic) bond motifs is 1. The van der Waals surface area contributed by atoms with Crippen molar-refractivity contribution in [1.82, 2.24) is 0 Å². The Balaban J connectivity index is 2.50. The normalized spacial score (nSPS) is 16.5. The average Bonchev–Trinajstić information content (AvgIpc) is 2.36. The van der Waals surface area contributed by atoms with E-state index < -0.39 is 5.79 Å². The summed E-state index contributed by atoms with van der Waals surface area (Å²) in [5, 5.41) is 0. The zero-order valence-corrected chi connectivity index (χ0v) is 9.38. The lowest BCUT2D eigenvalue weighted by molar-refractivity contribution is -0.0431. The molecule has 0 saturated heterocycles. The molecule has 0 aliphatic carbocycles. The highest BCUT2D eigenvalue weighted by Gasteiger charge is 2.32. The smallest absolute Gasteiger partial charge is 0.246 e. The van der Waals surface area contributed by atoms with Crippen LogP contribution in [0.1, 0.15) is 36.7 Å². The number of Topliss-reactive ketones (excluding diaryl/α,β-unsaturated/α-hetero) is 1. The van der Waals surface area contributed by atoms with Crippen LogP contribution >= 0.6 is 0 Å². The summed E-state index contributed by atoms with van der Waals surface area (Å²) in [6.45, 7) is 7.13. The summed E-state index contributed by atoms with van der Waals surface area (Å²) in [5.74, 6) is 0.770. The topological polar surface area (TPSA) is 35.5 Å². The minimum absolute atomic E-state index is 0.0450. The molecule has 1 aliphatic heterocycles. The van der Waals surface area contributed by atoms with Gasteiger partial charge in [-0.1, -0.05) is 0 Å². The number of benzene rings is 1. The summed E-state index contributed by atoms with van der Waals surface area (Å²) in [6.07, 6.45) is 0. The van der Waals surface area contributed by atoms with Crippen LogP contribution in [0.5, 0.6) is 11.5 Å². The van der Waals surface area contributed by atoms with E-state index in [1.54, 1.807) is 13.0 Å². The van der Waals surface area contributed by atoms with E-state index in [4.69, 9.17) is 9.47 Å². The summed E-state index contributed by atoms with van der Waals surface area (Å²) in [5.41, 5.74) is 1.61. The van der Waals surface area contributed by atoms with E-state index in [0.29, 0.717) is 17.1 Å². The molecule has 0 saturated carbocycles. The quantitative estimate of drug-likeness (QED) is 0.663. The molecule has 0 atom stereocenters. The minimum atomic E-state index is -0.635. The highest BCUT2D eigenvalue weighted by atomic mass is 16.7. The van der Waals surface area contributed by atoms with Gasteiger partial charge in [-0.15, -0.1) is 0 Å². The molecule has 0 amide bonds. The van der Waals surface area contributed by atoms with E-state index in [1.165, 1.54) is 0 Å². The summed E-state index contributed by atoms with van der Waals surface area (Å²) in [6, 6.07) is 3.60. The molecular formula is C12H14O3. The average molecular weight is 206 g/mol. The van der Waals surface area contributed by atoms with Gasteiger partial charge >= 0.3 is 0 Å². The largest absolute Gasteiger partial charge is 0.449 e. The number of ketones is 1. The summed E-state index contributed by atoms with van der Waals surface area (Å²) >= 11 is 0. The van der Waals surface area contributed by atoms with E-state index >= 15 is 0 Å². The van der Waals surface area contributed by atoms with Crippen molar-refractivity contribution < 1.29 is 14.3 Å². The van der Waals surface area contributed by atoms with Gasteiger partial charge < -0.3 is 9.47 Å². The first-order valence-corrected chi connectivity index (χ1v) is 4.93. The first kappa shape index (κ1) is 10.0. The van der Waals surface area contributed by atoms with E-state index in [0.717, 1.165) is 5.56 Å². The van der Waals surface area contributed by atoms with Gasteiger partial charge in [-0.25, -0.2) is 0 Å². The Morgan fingerprint density at radius 1 is 1.20 bits per heavy atom. The zero-order valence-electron chi connectivity index (χ0n) is 9.38. The van der Waals surface area contributed by atoms with Crippen molar-refractivity contribution in [2.75, 3.05) is 0 Å². The van der Waals surface area contributed by atoms with Gasteiger partial charge in [0.2, 0.25) is 5.79 Å². The highest BCUT2D eigenvalue weighted by molar-refractivity contribution is 5.96. The van der Waals surface area contributed by atoms with Gasteiger partial charge in [0.25, 0.3) is 0 Å². The Hall–Kier alpha value is -1.51. The van der Waals surface area contributed by atoms with Gasteiger partial charge in [0.15, 0.2) is 17.3 Å². The number of carbonyl (C=O) groups is 1. The first-order chi connectivity index (χ1) is 6.89. The molecule has 2 rings (SSSR count). The monoisotopic (exact) mass is 206 g/mol. The van der Waals surface area contributed by atoms with Crippen LogP contribution in [-0.2, 0) is 0 Å². The van der Waals surface area contributed by atoms with Crippen molar-refractivity contribution in [1.29, 1.82) is 0 Å². The van der Waals surface area contributed by atoms with E-state index in [9.17, 15) is 4.79 Å². The van der Waals surface area contributed by atoms with Crippen molar-refractivity contribution in [3.8, 4) is 11.5 Å². The number of aryl methyl sites for hydroxylation is 1. The second-order valence-corrected chi connectivity index (χ2v) is 4.27. The highest BCUT2D eigenvalue weighted by Crippen LogP contribution is 2.40. The maximum absolute atomic E-state index is 11.3. The lowest BCUT2D eigenvalue weighted by atomic mass is 10.0. The third-order valence-corrected chi connectivity index (χ3v) is 2.38. The van der Waals surface area contributed by atoms with Crippen molar-refractivity contribution in [2.24, 2.45) is 0 Å². The molecule has 0 unspecified atom stereocenters. The molecule has 1 aromatic rings. The van der Waals surface area contributed by atoms with E-state index in [-0.39, 0.29) is 5.78 Å². The van der Waals surface area contributed by atoms with Crippen molar-refractivity contribution >= 4 is 5.78 Å². The van der Waals surface area contributed by atoms with E-state index in [2.05, 4.69) is 0 Å². The Morgan fingerprint density at radius 3 is 2.27 bits per heavy atom. The van der Waals surface area contributed by atoms with Crippen LogP contribution in [-0.4, -0.2) is 11.6 Å². The first-order valence-electron chi connectivity index (χ1n) is 4.93. The molecule has 1 aromatic carbocycles. The zero-order chi connectivity index (χ0) is 11.2. The molecule has 0 bridgehead atoms.